The third-order valence-electron chi connectivity index (χ3n) is 9.02. The van der Waals surface area contributed by atoms with E-state index in [4.69, 9.17) is 18.9 Å². The first-order valence-electron chi connectivity index (χ1n) is 16.1. The number of hydrogen-bond acceptors (Lipinski definition) is 9. The molecule has 250 valence electrons. The lowest BCUT2D eigenvalue weighted by molar-refractivity contribution is -0.00735. The molecule has 12 heteroatoms. The van der Waals surface area contributed by atoms with Gasteiger partial charge in [-0.25, -0.2) is 24.1 Å². The van der Waals surface area contributed by atoms with Crippen molar-refractivity contribution in [3.8, 4) is 23.0 Å². The van der Waals surface area contributed by atoms with Crippen molar-refractivity contribution in [2.75, 3.05) is 12.4 Å². The summed E-state index contributed by atoms with van der Waals surface area (Å²) in [5, 5.41) is 3.80. The van der Waals surface area contributed by atoms with Crippen molar-refractivity contribution in [1.82, 2.24) is 24.4 Å². The Bertz CT molecular complexity index is 2010. The highest BCUT2D eigenvalue weighted by Gasteiger charge is 2.45. The van der Waals surface area contributed by atoms with Gasteiger partial charge < -0.3 is 33.7 Å². The fraction of sp³-hybridized carbons (Fsp3) is 0.389. The lowest BCUT2D eigenvalue weighted by Crippen LogP contribution is -2.50. The van der Waals surface area contributed by atoms with Crippen molar-refractivity contribution in [3.63, 3.8) is 0 Å². The maximum absolute atomic E-state index is 15.8. The maximum Gasteiger partial charge on any atom is 0.410 e. The quantitative estimate of drug-likeness (QED) is 0.188. The molecule has 2 bridgehead atoms. The van der Waals surface area contributed by atoms with Gasteiger partial charge >= 0.3 is 6.09 Å². The second-order valence-electron chi connectivity index (χ2n) is 13.5. The molecule has 2 aliphatic rings. The Kier molecular flexibility index (Phi) is 7.97. The highest BCUT2D eigenvalue weighted by Crippen LogP contribution is 2.42. The zero-order valence-corrected chi connectivity index (χ0v) is 27.9. The topological polar surface area (TPSA) is 113 Å². The van der Waals surface area contributed by atoms with Crippen molar-refractivity contribution >= 4 is 39.5 Å². The van der Waals surface area contributed by atoms with Gasteiger partial charge in [0.15, 0.2) is 17.3 Å². The smallest absolute Gasteiger partial charge is 0.410 e. The molecule has 5 aromatic rings. The van der Waals surface area contributed by atoms with Crippen LogP contribution < -0.4 is 19.5 Å². The lowest BCUT2D eigenvalue weighted by Gasteiger charge is -2.39. The second-order valence-corrected chi connectivity index (χ2v) is 13.5. The summed E-state index contributed by atoms with van der Waals surface area (Å²) in [5.74, 6) is 1.98. The van der Waals surface area contributed by atoms with Gasteiger partial charge in [0.25, 0.3) is 0 Å². The number of nitrogens with one attached hydrogen (secondary N) is 1. The third kappa shape index (κ3) is 6.02. The molecule has 1 unspecified atom stereocenters. The number of carbonyl (C=O) groups is 1. The Morgan fingerprint density at radius 3 is 2.46 bits per heavy atom. The molecular weight excluding hydrogens is 615 g/mol. The van der Waals surface area contributed by atoms with Crippen LogP contribution in [-0.2, 0) is 11.8 Å². The van der Waals surface area contributed by atoms with Crippen LogP contribution in [0, 0.1) is 12.7 Å². The summed E-state index contributed by atoms with van der Waals surface area (Å²) in [6.45, 7) is 7.31. The molecule has 1 amide bonds. The fourth-order valence-electron chi connectivity index (χ4n) is 6.74. The van der Waals surface area contributed by atoms with Gasteiger partial charge in [-0.15, -0.1) is 0 Å². The van der Waals surface area contributed by atoms with E-state index in [9.17, 15) is 4.79 Å². The summed E-state index contributed by atoms with van der Waals surface area (Å²) in [7, 11) is 3.51. The number of imidazole rings is 1. The first kappa shape index (κ1) is 31.5. The predicted octanol–water partition coefficient (Wildman–Crippen LogP) is 7.82. The van der Waals surface area contributed by atoms with E-state index in [-0.39, 0.29) is 30.0 Å². The molecule has 2 aliphatic heterocycles. The number of anilines is 2. The van der Waals surface area contributed by atoms with Crippen LogP contribution in [0.2, 0.25) is 0 Å². The number of fused-ring (bicyclic) bond motifs is 4. The van der Waals surface area contributed by atoms with Crippen LogP contribution in [0.25, 0.3) is 21.9 Å². The monoisotopic (exact) mass is 654 g/mol. The van der Waals surface area contributed by atoms with Crippen LogP contribution in [0.4, 0.5) is 20.7 Å². The van der Waals surface area contributed by atoms with E-state index in [1.165, 1.54) is 6.33 Å². The largest absolute Gasteiger partial charge is 0.493 e. The van der Waals surface area contributed by atoms with Gasteiger partial charge in [-0.3, -0.25) is 0 Å². The van der Waals surface area contributed by atoms with Crippen molar-refractivity contribution in [3.05, 3.63) is 66.5 Å². The van der Waals surface area contributed by atoms with Crippen LogP contribution >= 0.6 is 0 Å². The number of methoxy groups -OCH3 is 1. The molecule has 0 spiro atoms. The van der Waals surface area contributed by atoms with Gasteiger partial charge in [-0.05, 0) is 70.9 Å². The molecule has 2 fully saturated rings. The number of amides is 1. The van der Waals surface area contributed by atoms with Crippen LogP contribution in [0.5, 0.6) is 23.0 Å². The molecule has 48 heavy (non-hydrogen) atoms. The van der Waals surface area contributed by atoms with Crippen molar-refractivity contribution < 1.29 is 28.1 Å². The molecule has 11 nitrogen and oxygen atoms in total. The number of aromatic nitrogens is 4. The summed E-state index contributed by atoms with van der Waals surface area (Å²) in [4.78, 5) is 28.1. The number of halogens is 1. The van der Waals surface area contributed by atoms with E-state index in [0.717, 1.165) is 23.9 Å². The van der Waals surface area contributed by atoms with Gasteiger partial charge in [0.05, 0.1) is 35.7 Å². The average molecular weight is 655 g/mol. The van der Waals surface area contributed by atoms with Crippen molar-refractivity contribution in [1.29, 1.82) is 0 Å². The normalized spacial score (nSPS) is 19.1. The minimum atomic E-state index is -0.552. The summed E-state index contributed by atoms with van der Waals surface area (Å²) < 4.78 is 41.7. The van der Waals surface area contributed by atoms with Crippen LogP contribution in [0.1, 0.15) is 52.0 Å². The number of aryl methyl sites for hydroxylation is 1. The van der Waals surface area contributed by atoms with Crippen molar-refractivity contribution in [2.24, 2.45) is 7.05 Å². The highest BCUT2D eigenvalue weighted by molar-refractivity contribution is 5.93. The number of piperidine rings is 1. The molecule has 0 aliphatic carbocycles. The molecule has 2 aromatic heterocycles. The lowest BCUT2D eigenvalue weighted by atomic mass is 10.00. The molecule has 0 radical (unpaired) electrons. The van der Waals surface area contributed by atoms with E-state index in [0.29, 0.717) is 58.1 Å². The number of benzene rings is 3. The van der Waals surface area contributed by atoms with Crippen LogP contribution in [0.15, 0.2) is 55.1 Å². The molecule has 7 rings (SSSR count). The number of nitrogens with zero attached hydrogens (tertiary/aromatic N) is 5. The van der Waals surface area contributed by atoms with Gasteiger partial charge in [0.2, 0.25) is 0 Å². The maximum atomic E-state index is 15.8. The first-order valence-corrected chi connectivity index (χ1v) is 16.1. The Morgan fingerprint density at radius 2 is 1.73 bits per heavy atom. The van der Waals surface area contributed by atoms with E-state index >= 15 is 4.39 Å². The summed E-state index contributed by atoms with van der Waals surface area (Å²) in [6.07, 6.45) is 5.96. The average Bonchev–Trinajstić information content (AvgIpc) is 3.55. The number of rotatable bonds is 7. The number of hydrogen-bond donors (Lipinski definition) is 1. The Balaban J connectivity index is 1.11. The van der Waals surface area contributed by atoms with E-state index < -0.39 is 11.4 Å². The van der Waals surface area contributed by atoms with Crippen molar-refractivity contribution in [2.45, 2.75) is 77.2 Å². The van der Waals surface area contributed by atoms with Crippen LogP contribution in [-0.4, -0.2) is 61.4 Å². The number of ether oxygens (including phenoxy) is 4. The molecule has 3 atom stereocenters. The molecule has 0 saturated carbocycles. The summed E-state index contributed by atoms with van der Waals surface area (Å²) >= 11 is 0. The minimum Gasteiger partial charge on any atom is -0.493 e. The van der Waals surface area contributed by atoms with Crippen LogP contribution in [0.3, 0.4) is 0 Å². The van der Waals surface area contributed by atoms with Gasteiger partial charge in [-0.2, -0.15) is 0 Å². The predicted molar refractivity (Wildman–Crippen MR) is 180 cm³/mol. The van der Waals surface area contributed by atoms with E-state index in [1.807, 2.05) is 61.6 Å². The first-order chi connectivity index (χ1) is 23.0. The summed E-state index contributed by atoms with van der Waals surface area (Å²) in [6, 6.07) is 12.6. The third-order valence-corrected chi connectivity index (χ3v) is 9.02. The molecule has 1 N–H and O–H groups in total. The summed E-state index contributed by atoms with van der Waals surface area (Å²) in [5.41, 5.74) is 2.41. The Labute approximate surface area is 278 Å². The van der Waals surface area contributed by atoms with E-state index in [2.05, 4.69) is 20.3 Å². The highest BCUT2D eigenvalue weighted by atomic mass is 19.1. The van der Waals surface area contributed by atoms with Gasteiger partial charge in [0.1, 0.15) is 35.3 Å². The Hall–Kier alpha value is -5.13. The van der Waals surface area contributed by atoms with Gasteiger partial charge in [-0.1, -0.05) is 0 Å². The number of carbonyl (C=O) groups excluding carboxylic acids is 1. The molecule has 4 heterocycles. The Morgan fingerprint density at radius 1 is 0.958 bits per heavy atom. The fourth-order valence-corrected chi connectivity index (χ4v) is 6.74. The zero-order valence-electron chi connectivity index (χ0n) is 27.9. The molecule has 2 saturated heterocycles. The van der Waals surface area contributed by atoms with Gasteiger partial charge in [0, 0.05) is 55.1 Å². The zero-order chi connectivity index (χ0) is 33.7. The molecular formula is C36H39FN6O5. The molecule has 3 aromatic carbocycles. The second kappa shape index (κ2) is 12.1. The standard InChI is InChI=1S/C36H39FN6O5/c1-20-30(46-23-9-11-29-28(15-23)40-19-42(29)5)12-10-26(33(20)37)41-34-25-16-32(31(45-6)17-27(25)38-18-39-34)47-24-13-21-7-8-22(14-24)43(21)35(44)48-36(2,3)4/h9-12,15-19,21-22,24H,7-8,13-14H2,1-6H3,(H,38,39,41)/t21-,22+,24?. The minimum absolute atomic E-state index is 0.0479. The van der Waals surface area contributed by atoms with E-state index in [1.54, 1.807) is 38.6 Å². The SMILES string of the molecule is COc1cc2ncnc(Nc3ccc(Oc4ccc5c(c4)ncn5C)c(C)c3F)c2cc1OC1C[C@H]2CC[C@@H](C1)N2C(=O)OC(C)(C)C.